The van der Waals surface area contributed by atoms with Crippen LogP contribution in [-0.4, -0.2) is 42.6 Å². The molecule has 3 aromatic rings. The van der Waals surface area contributed by atoms with Crippen LogP contribution in [0.5, 0.6) is 0 Å². The summed E-state index contributed by atoms with van der Waals surface area (Å²) in [6.45, 7) is 4.01. The van der Waals surface area contributed by atoms with Gasteiger partial charge < -0.3 is 14.7 Å². The molecule has 0 aliphatic carbocycles. The Morgan fingerprint density at radius 1 is 1.16 bits per heavy atom. The molecule has 0 fully saturated rings. The molecular formula is C23H26FN5O2. The number of hydrogen-bond acceptors (Lipinski definition) is 4. The molecule has 1 aromatic heterocycles. The molecule has 0 radical (unpaired) electrons. The van der Waals surface area contributed by atoms with Gasteiger partial charge >= 0.3 is 0 Å². The first-order valence-electron chi connectivity index (χ1n) is 9.80. The average Bonchev–Trinajstić information content (AvgIpc) is 3.21. The number of nitrogens with zero attached hydrogens (tertiary/aromatic N) is 2. The molecule has 2 aromatic carbocycles. The lowest BCUT2D eigenvalue weighted by Gasteiger charge is -2.22. The second-order valence-electron chi connectivity index (χ2n) is 7.90. The van der Waals surface area contributed by atoms with E-state index in [9.17, 15) is 9.18 Å². The Hall–Kier alpha value is -3.68. The van der Waals surface area contributed by atoms with E-state index in [-0.39, 0.29) is 24.2 Å². The first-order valence-corrected chi connectivity index (χ1v) is 9.80. The Kier molecular flexibility index (Phi) is 6.39. The molecule has 0 aliphatic rings. The van der Waals surface area contributed by atoms with E-state index in [1.165, 1.54) is 11.0 Å². The van der Waals surface area contributed by atoms with Crippen LogP contribution in [0.4, 0.5) is 10.3 Å². The van der Waals surface area contributed by atoms with Gasteiger partial charge in [-0.25, -0.2) is 4.39 Å². The number of guanidine groups is 1. The summed E-state index contributed by atoms with van der Waals surface area (Å²) in [6, 6.07) is 16.0. The van der Waals surface area contributed by atoms with Gasteiger partial charge in [-0.3, -0.25) is 15.5 Å². The van der Waals surface area contributed by atoms with Gasteiger partial charge in [0.2, 0.25) is 11.8 Å². The summed E-state index contributed by atoms with van der Waals surface area (Å²) >= 11 is 0. The van der Waals surface area contributed by atoms with Gasteiger partial charge in [-0.05, 0) is 17.2 Å². The van der Waals surface area contributed by atoms with Crippen molar-refractivity contribution in [2.45, 2.75) is 19.3 Å². The maximum Gasteiger partial charge on any atom is 0.241 e. The van der Waals surface area contributed by atoms with E-state index < -0.39 is 5.41 Å². The Morgan fingerprint density at radius 3 is 2.48 bits per heavy atom. The molecule has 0 saturated carbocycles. The minimum Gasteiger partial charge on any atom is -0.347 e. The predicted molar refractivity (Wildman–Crippen MR) is 119 cm³/mol. The van der Waals surface area contributed by atoms with Crippen molar-refractivity contribution in [3.05, 3.63) is 71.7 Å². The Bertz CT molecular complexity index is 1070. The molecule has 0 aliphatic heterocycles. The highest BCUT2D eigenvalue weighted by Crippen LogP contribution is 2.33. The van der Waals surface area contributed by atoms with E-state index in [1.54, 1.807) is 32.3 Å². The first-order chi connectivity index (χ1) is 14.7. The third kappa shape index (κ3) is 5.09. The maximum atomic E-state index is 14.0. The number of anilines is 1. The second-order valence-corrected chi connectivity index (χ2v) is 7.90. The third-order valence-electron chi connectivity index (χ3n) is 5.11. The van der Waals surface area contributed by atoms with Crippen molar-refractivity contribution in [1.29, 1.82) is 5.41 Å². The molecule has 3 N–H and O–H groups in total. The molecule has 0 atom stereocenters. The summed E-state index contributed by atoms with van der Waals surface area (Å²) in [5, 5.41) is 17.5. The Balaban J connectivity index is 1.70. The summed E-state index contributed by atoms with van der Waals surface area (Å²) in [5.74, 6) is -0.180. The number of amides is 1. The van der Waals surface area contributed by atoms with Crippen LogP contribution >= 0.6 is 0 Å². The summed E-state index contributed by atoms with van der Waals surface area (Å²) in [6.07, 6.45) is 0. The lowest BCUT2D eigenvalue weighted by Crippen LogP contribution is -2.38. The normalized spacial score (nSPS) is 11.1. The van der Waals surface area contributed by atoms with Crippen molar-refractivity contribution >= 4 is 17.8 Å². The van der Waals surface area contributed by atoms with E-state index in [2.05, 4.69) is 15.8 Å². The number of carbonyl (C=O) groups is 1. The van der Waals surface area contributed by atoms with Gasteiger partial charge in [-0.2, -0.15) is 0 Å². The fourth-order valence-corrected chi connectivity index (χ4v) is 3.03. The molecule has 0 spiro atoms. The van der Waals surface area contributed by atoms with Gasteiger partial charge in [-0.1, -0.05) is 61.5 Å². The minimum atomic E-state index is -0.478. The highest BCUT2D eigenvalue weighted by molar-refractivity contribution is 5.92. The molecule has 0 bridgehead atoms. The van der Waals surface area contributed by atoms with Crippen LogP contribution in [0, 0.1) is 11.2 Å². The van der Waals surface area contributed by atoms with E-state index in [0.717, 1.165) is 11.1 Å². The van der Waals surface area contributed by atoms with E-state index in [0.29, 0.717) is 17.1 Å². The predicted octanol–water partition coefficient (Wildman–Crippen LogP) is 3.83. The molecule has 162 valence electrons. The number of likely N-dealkylation sites (N-methyl/N-ethyl adjacent to an activating group) is 1. The molecule has 3 rings (SSSR count). The number of benzene rings is 2. The van der Waals surface area contributed by atoms with Crippen LogP contribution in [0.25, 0.3) is 11.1 Å². The monoisotopic (exact) mass is 423 g/mol. The largest absolute Gasteiger partial charge is 0.347 e. The molecule has 7 nitrogen and oxygen atoms in total. The van der Waals surface area contributed by atoms with Gasteiger partial charge in [-0.15, -0.1) is 0 Å². The Labute approximate surface area is 180 Å². The standard InChI is InChI=1S/C23H26FN5O2/c1-23(2,16-11-9-15(10-12-16)17-7-5-6-8-18(17)24)19-13-20(31-28-19)27-22(25)26-14-21(30)29(3)4/h5-13H,14H2,1-4H3,(H3,25,26,27). The molecule has 0 saturated heterocycles. The van der Waals surface area contributed by atoms with Gasteiger partial charge in [0.25, 0.3) is 0 Å². The lowest BCUT2D eigenvalue weighted by molar-refractivity contribution is -0.127. The quantitative estimate of drug-likeness (QED) is 0.414. The van der Waals surface area contributed by atoms with Gasteiger partial charge in [0.05, 0.1) is 12.2 Å². The topological polar surface area (TPSA) is 94.2 Å². The number of halogens is 1. The van der Waals surface area contributed by atoms with Crippen molar-refractivity contribution in [2.75, 3.05) is 26.0 Å². The smallest absolute Gasteiger partial charge is 0.241 e. The summed E-state index contributed by atoms with van der Waals surface area (Å²) in [5.41, 5.74) is 2.53. The number of rotatable bonds is 6. The molecule has 31 heavy (non-hydrogen) atoms. The first kappa shape index (κ1) is 22.0. The second kappa shape index (κ2) is 8.99. The van der Waals surface area contributed by atoms with E-state index in [1.807, 2.05) is 44.2 Å². The third-order valence-corrected chi connectivity index (χ3v) is 5.11. The zero-order valence-corrected chi connectivity index (χ0v) is 18.0. The molecule has 1 heterocycles. The van der Waals surface area contributed by atoms with Gasteiger partial charge in [0, 0.05) is 31.1 Å². The minimum absolute atomic E-state index is 0.000319. The van der Waals surface area contributed by atoms with Crippen LogP contribution in [0.1, 0.15) is 25.1 Å². The number of aromatic nitrogens is 1. The average molecular weight is 423 g/mol. The van der Waals surface area contributed by atoms with Crippen LogP contribution in [0.3, 0.4) is 0 Å². The SMILES string of the molecule is CN(C)C(=O)CNC(=N)Nc1cc(C(C)(C)c2ccc(-c3ccccc3F)cc2)no1. The van der Waals surface area contributed by atoms with E-state index in [4.69, 9.17) is 9.93 Å². The molecular weight excluding hydrogens is 397 g/mol. The van der Waals surface area contributed by atoms with Crippen molar-refractivity contribution in [2.24, 2.45) is 0 Å². The highest BCUT2D eigenvalue weighted by Gasteiger charge is 2.27. The number of nitrogens with one attached hydrogen (secondary N) is 3. The van der Waals surface area contributed by atoms with Crippen molar-refractivity contribution in [3.8, 4) is 11.1 Å². The van der Waals surface area contributed by atoms with Gasteiger partial charge in [0.1, 0.15) is 5.82 Å². The van der Waals surface area contributed by atoms with Crippen LogP contribution in [0.15, 0.2) is 59.1 Å². The zero-order chi connectivity index (χ0) is 22.6. The molecule has 8 heteroatoms. The van der Waals surface area contributed by atoms with Crippen LogP contribution < -0.4 is 10.6 Å². The zero-order valence-electron chi connectivity index (χ0n) is 18.0. The van der Waals surface area contributed by atoms with Crippen LogP contribution in [-0.2, 0) is 10.2 Å². The lowest BCUT2D eigenvalue weighted by atomic mass is 9.81. The Morgan fingerprint density at radius 2 is 1.84 bits per heavy atom. The fraction of sp³-hybridized carbons (Fsp3) is 0.261. The number of hydrogen-bond donors (Lipinski definition) is 3. The van der Waals surface area contributed by atoms with E-state index >= 15 is 0 Å². The summed E-state index contributed by atoms with van der Waals surface area (Å²) < 4.78 is 19.4. The van der Waals surface area contributed by atoms with Crippen LogP contribution in [0.2, 0.25) is 0 Å². The van der Waals surface area contributed by atoms with Gasteiger partial charge in [0.15, 0.2) is 5.96 Å². The highest BCUT2D eigenvalue weighted by atomic mass is 19.1. The van der Waals surface area contributed by atoms with Crippen molar-refractivity contribution in [1.82, 2.24) is 15.4 Å². The number of carbonyl (C=O) groups excluding carboxylic acids is 1. The molecule has 0 unspecified atom stereocenters. The summed E-state index contributed by atoms with van der Waals surface area (Å²) in [4.78, 5) is 13.0. The maximum absolute atomic E-state index is 14.0. The fourth-order valence-electron chi connectivity index (χ4n) is 3.03. The van der Waals surface area contributed by atoms with Crippen molar-refractivity contribution in [3.63, 3.8) is 0 Å². The molecule has 1 amide bonds. The summed E-state index contributed by atoms with van der Waals surface area (Å²) in [7, 11) is 3.30. The van der Waals surface area contributed by atoms with Crippen molar-refractivity contribution < 1.29 is 13.7 Å².